The van der Waals surface area contributed by atoms with Gasteiger partial charge in [0.05, 0.1) is 6.10 Å². The molecule has 2 nitrogen and oxygen atoms in total. The lowest BCUT2D eigenvalue weighted by Gasteiger charge is -2.31. The molecule has 1 aliphatic carbocycles. The maximum atomic E-state index is 10.5. The molecule has 2 fully saturated rings. The molecular weight excluding hydrogens is 282 g/mol. The first-order chi connectivity index (χ1) is 11.2. The van der Waals surface area contributed by atoms with Gasteiger partial charge in [0.1, 0.15) is 0 Å². The summed E-state index contributed by atoms with van der Waals surface area (Å²) in [7, 11) is 2.23. The summed E-state index contributed by atoms with van der Waals surface area (Å²) in [6.45, 7) is 2.03. The fraction of sp³-hybridized carbons (Fsp3) is 0.714. The van der Waals surface area contributed by atoms with E-state index in [1.165, 1.54) is 38.5 Å². The fourth-order valence-electron chi connectivity index (χ4n) is 4.26. The van der Waals surface area contributed by atoms with Gasteiger partial charge in [0.2, 0.25) is 0 Å². The van der Waals surface area contributed by atoms with Gasteiger partial charge in [-0.15, -0.1) is 0 Å². The van der Waals surface area contributed by atoms with Gasteiger partial charge in [0.15, 0.2) is 0 Å². The highest BCUT2D eigenvalue weighted by atomic mass is 16.3. The standard InChI is InChI=1S/C21H35NO/c1-3-4-5-6-7-8-12-15-19-17-21(23)20(22(19)2)16-18-13-10-9-11-14-18/h3-8,18-21,23H,9-17H2,1-2H3/b4-3+,6-5+,8-7+/t19-,20?,21+/m1/s1. The molecule has 0 aromatic rings. The molecular formula is C21H35NO. The van der Waals surface area contributed by atoms with Crippen LogP contribution in [0, 0.1) is 5.92 Å². The topological polar surface area (TPSA) is 23.5 Å². The summed E-state index contributed by atoms with van der Waals surface area (Å²) >= 11 is 0. The maximum absolute atomic E-state index is 10.5. The lowest BCUT2D eigenvalue weighted by molar-refractivity contribution is 0.0989. The molecule has 0 aromatic heterocycles. The van der Waals surface area contributed by atoms with Crippen molar-refractivity contribution in [3.05, 3.63) is 36.5 Å². The van der Waals surface area contributed by atoms with Crippen LogP contribution >= 0.6 is 0 Å². The third-order valence-corrected chi connectivity index (χ3v) is 5.68. The number of hydrogen-bond donors (Lipinski definition) is 1. The lowest BCUT2D eigenvalue weighted by Crippen LogP contribution is -2.37. The molecule has 1 saturated heterocycles. The summed E-state index contributed by atoms with van der Waals surface area (Å²) in [4.78, 5) is 2.47. The van der Waals surface area contributed by atoms with Crippen LogP contribution in [-0.4, -0.2) is 35.2 Å². The highest BCUT2D eigenvalue weighted by Gasteiger charge is 2.38. The van der Waals surface area contributed by atoms with Gasteiger partial charge in [-0.1, -0.05) is 68.6 Å². The molecule has 1 unspecified atom stereocenters. The van der Waals surface area contributed by atoms with Gasteiger partial charge in [-0.25, -0.2) is 0 Å². The Morgan fingerprint density at radius 1 is 1.04 bits per heavy atom. The van der Waals surface area contributed by atoms with Gasteiger partial charge in [-0.2, -0.15) is 0 Å². The Balaban J connectivity index is 1.74. The number of likely N-dealkylation sites (N-methyl/N-ethyl adjacent to an activating group) is 1. The van der Waals surface area contributed by atoms with E-state index in [-0.39, 0.29) is 6.10 Å². The average Bonchev–Trinajstić information content (AvgIpc) is 2.83. The van der Waals surface area contributed by atoms with Crippen LogP contribution in [0.25, 0.3) is 0 Å². The smallest absolute Gasteiger partial charge is 0.0710 e. The first-order valence-corrected chi connectivity index (χ1v) is 9.57. The van der Waals surface area contributed by atoms with Crippen molar-refractivity contribution in [2.45, 2.75) is 82.9 Å². The molecule has 2 heteroatoms. The molecule has 3 atom stereocenters. The van der Waals surface area contributed by atoms with E-state index in [0.717, 1.165) is 25.2 Å². The zero-order valence-electron chi connectivity index (χ0n) is 15.0. The van der Waals surface area contributed by atoms with E-state index in [1.807, 2.05) is 19.1 Å². The number of hydrogen-bond acceptors (Lipinski definition) is 2. The van der Waals surface area contributed by atoms with Crippen molar-refractivity contribution in [3.8, 4) is 0 Å². The van der Waals surface area contributed by atoms with Gasteiger partial charge in [0.25, 0.3) is 0 Å². The van der Waals surface area contributed by atoms with Crippen molar-refractivity contribution in [3.63, 3.8) is 0 Å². The van der Waals surface area contributed by atoms with E-state index >= 15 is 0 Å². The van der Waals surface area contributed by atoms with Crippen LogP contribution in [0.1, 0.15) is 64.7 Å². The zero-order chi connectivity index (χ0) is 16.5. The molecule has 0 aromatic carbocycles. The van der Waals surface area contributed by atoms with E-state index in [9.17, 15) is 5.11 Å². The molecule has 23 heavy (non-hydrogen) atoms. The minimum absolute atomic E-state index is 0.120. The second kappa shape index (κ2) is 10.1. The van der Waals surface area contributed by atoms with Crippen molar-refractivity contribution in [2.75, 3.05) is 7.05 Å². The summed E-state index contributed by atoms with van der Waals surface area (Å²) in [5.41, 5.74) is 0. The fourth-order valence-corrected chi connectivity index (χ4v) is 4.26. The first-order valence-electron chi connectivity index (χ1n) is 9.57. The molecule has 0 radical (unpaired) electrons. The first kappa shape index (κ1) is 18.5. The Kier molecular flexibility index (Phi) is 8.11. The zero-order valence-corrected chi connectivity index (χ0v) is 15.0. The van der Waals surface area contributed by atoms with Gasteiger partial charge < -0.3 is 5.11 Å². The van der Waals surface area contributed by atoms with Crippen LogP contribution in [0.4, 0.5) is 0 Å². The maximum Gasteiger partial charge on any atom is 0.0710 e. The number of aliphatic hydroxyl groups is 1. The third-order valence-electron chi connectivity index (χ3n) is 5.68. The molecule has 1 aliphatic heterocycles. The Morgan fingerprint density at radius 3 is 2.52 bits per heavy atom. The van der Waals surface area contributed by atoms with Gasteiger partial charge in [-0.05, 0) is 45.6 Å². The van der Waals surface area contributed by atoms with Crippen LogP contribution in [-0.2, 0) is 0 Å². The van der Waals surface area contributed by atoms with E-state index in [1.54, 1.807) is 0 Å². The number of rotatable bonds is 7. The molecule has 2 rings (SSSR count). The van der Waals surface area contributed by atoms with E-state index < -0.39 is 0 Å². The highest BCUT2D eigenvalue weighted by molar-refractivity contribution is 5.10. The van der Waals surface area contributed by atoms with Crippen molar-refractivity contribution in [1.82, 2.24) is 4.90 Å². The Hall–Kier alpha value is -0.860. The lowest BCUT2D eigenvalue weighted by atomic mass is 9.84. The number of likely N-dealkylation sites (tertiary alicyclic amines) is 1. The van der Waals surface area contributed by atoms with Crippen molar-refractivity contribution < 1.29 is 5.11 Å². The molecule has 130 valence electrons. The SMILES string of the molecule is C/C=C/C=C/C=C/CC[C@@H]1C[C@H](O)C(CC2CCCCC2)N1C. The number of nitrogens with zero attached hydrogens (tertiary/aromatic N) is 1. The van der Waals surface area contributed by atoms with Crippen molar-refractivity contribution in [2.24, 2.45) is 5.92 Å². The largest absolute Gasteiger partial charge is 0.391 e. The molecule has 1 heterocycles. The van der Waals surface area contributed by atoms with Crippen molar-refractivity contribution in [1.29, 1.82) is 0 Å². The second-order valence-corrected chi connectivity index (χ2v) is 7.35. The minimum Gasteiger partial charge on any atom is -0.391 e. The quantitative estimate of drug-likeness (QED) is 0.678. The van der Waals surface area contributed by atoms with Crippen molar-refractivity contribution >= 4 is 0 Å². The van der Waals surface area contributed by atoms with Crippen LogP contribution in [0.2, 0.25) is 0 Å². The van der Waals surface area contributed by atoms with Crippen LogP contribution in [0.3, 0.4) is 0 Å². The van der Waals surface area contributed by atoms with E-state index in [4.69, 9.17) is 0 Å². The van der Waals surface area contributed by atoms with E-state index in [2.05, 4.69) is 36.3 Å². The van der Waals surface area contributed by atoms with Gasteiger partial charge in [0, 0.05) is 12.1 Å². The Labute approximate surface area is 143 Å². The normalized spacial score (nSPS) is 31.2. The summed E-state index contributed by atoms with van der Waals surface area (Å²) in [5, 5.41) is 10.5. The second-order valence-electron chi connectivity index (χ2n) is 7.35. The number of allylic oxidation sites excluding steroid dienone is 6. The van der Waals surface area contributed by atoms with E-state index in [0.29, 0.717) is 12.1 Å². The van der Waals surface area contributed by atoms with Gasteiger partial charge in [-0.3, -0.25) is 4.90 Å². The van der Waals surface area contributed by atoms with Gasteiger partial charge >= 0.3 is 0 Å². The molecule has 1 N–H and O–H groups in total. The molecule has 2 aliphatic rings. The Bertz CT molecular complexity index is 406. The number of aliphatic hydroxyl groups excluding tert-OH is 1. The van der Waals surface area contributed by atoms with Crippen LogP contribution in [0.15, 0.2) is 36.5 Å². The predicted octanol–water partition coefficient (Wildman–Crippen LogP) is 4.86. The summed E-state index contributed by atoms with van der Waals surface area (Å²) < 4.78 is 0. The highest BCUT2D eigenvalue weighted by Crippen LogP contribution is 2.34. The average molecular weight is 318 g/mol. The summed E-state index contributed by atoms with van der Waals surface area (Å²) in [5.74, 6) is 0.848. The Morgan fingerprint density at radius 2 is 1.78 bits per heavy atom. The minimum atomic E-state index is -0.120. The molecule has 0 bridgehead atoms. The summed E-state index contributed by atoms with van der Waals surface area (Å²) in [6.07, 6.45) is 23.8. The molecule has 0 spiro atoms. The van der Waals surface area contributed by atoms with Crippen LogP contribution in [0.5, 0.6) is 0 Å². The monoisotopic (exact) mass is 317 g/mol. The molecule has 1 saturated carbocycles. The third kappa shape index (κ3) is 5.93. The molecule has 0 amide bonds. The van der Waals surface area contributed by atoms with Crippen LogP contribution < -0.4 is 0 Å². The summed E-state index contributed by atoms with van der Waals surface area (Å²) in [6, 6.07) is 0.935. The predicted molar refractivity (Wildman–Crippen MR) is 99.5 cm³/mol.